The molecule has 0 aromatic heterocycles. The molecule has 0 saturated heterocycles. The highest BCUT2D eigenvalue weighted by molar-refractivity contribution is 5.23. The molecule has 0 bridgehead atoms. The normalized spacial score (nSPS) is 13.0. The van der Waals surface area contributed by atoms with E-state index < -0.39 is 6.10 Å². The Hall–Kier alpha value is -0.900. The van der Waals surface area contributed by atoms with E-state index in [0.29, 0.717) is 6.54 Å². The van der Waals surface area contributed by atoms with Crippen LogP contribution >= 0.6 is 0 Å². The Bertz CT molecular complexity index is 311. The molecule has 1 N–H and O–H groups in total. The second kappa shape index (κ2) is 7.43. The Morgan fingerprint density at radius 1 is 1.29 bits per heavy atom. The number of aryl methyl sites for hydroxylation is 1. The van der Waals surface area contributed by atoms with Crippen LogP contribution in [0.5, 0.6) is 0 Å². The molecule has 17 heavy (non-hydrogen) atoms. The maximum Gasteiger partial charge on any atom is 0.0916 e. The lowest BCUT2D eigenvalue weighted by Crippen LogP contribution is -2.26. The average molecular weight is 237 g/mol. The molecular formula is C14H23NO2. The van der Waals surface area contributed by atoms with E-state index in [1.807, 2.05) is 38.2 Å². The second-order valence-corrected chi connectivity index (χ2v) is 4.54. The molecule has 0 fully saturated rings. The number of ether oxygens (including phenoxy) is 1. The van der Waals surface area contributed by atoms with E-state index in [0.717, 1.165) is 25.1 Å². The van der Waals surface area contributed by atoms with E-state index in [2.05, 4.69) is 4.90 Å². The van der Waals surface area contributed by atoms with Gasteiger partial charge >= 0.3 is 0 Å². The lowest BCUT2D eigenvalue weighted by atomic mass is 10.1. The van der Waals surface area contributed by atoms with Crippen LogP contribution in [0.1, 0.15) is 23.7 Å². The predicted octanol–water partition coefficient (Wildman–Crippen LogP) is 2.00. The molecule has 0 aliphatic rings. The van der Waals surface area contributed by atoms with Gasteiger partial charge in [0.05, 0.1) is 6.10 Å². The number of aliphatic hydroxyl groups excluding tert-OH is 1. The van der Waals surface area contributed by atoms with E-state index in [-0.39, 0.29) is 0 Å². The summed E-state index contributed by atoms with van der Waals surface area (Å²) >= 11 is 0. The fourth-order valence-corrected chi connectivity index (χ4v) is 1.76. The average Bonchev–Trinajstić information content (AvgIpc) is 2.30. The first-order chi connectivity index (χ1) is 8.13. The van der Waals surface area contributed by atoms with Crippen molar-refractivity contribution in [3.63, 3.8) is 0 Å². The first kappa shape index (κ1) is 14.2. The van der Waals surface area contributed by atoms with E-state index in [1.165, 1.54) is 5.56 Å². The number of nitrogens with zero attached hydrogens (tertiary/aromatic N) is 1. The molecule has 0 aliphatic heterocycles. The van der Waals surface area contributed by atoms with Crippen molar-refractivity contribution >= 4 is 0 Å². The number of benzene rings is 1. The summed E-state index contributed by atoms with van der Waals surface area (Å²) in [5, 5.41) is 10.1. The Kier molecular flexibility index (Phi) is 6.19. The first-order valence-corrected chi connectivity index (χ1v) is 6.05. The number of hydrogen-bond donors (Lipinski definition) is 1. The molecule has 0 amide bonds. The molecule has 1 rings (SSSR count). The van der Waals surface area contributed by atoms with Gasteiger partial charge < -0.3 is 14.7 Å². The van der Waals surface area contributed by atoms with Gasteiger partial charge in [0.15, 0.2) is 0 Å². The summed E-state index contributed by atoms with van der Waals surface area (Å²) in [6.45, 7) is 4.42. The number of methoxy groups -OCH3 is 1. The zero-order valence-corrected chi connectivity index (χ0v) is 11.0. The van der Waals surface area contributed by atoms with Crippen molar-refractivity contribution in [2.75, 3.05) is 33.9 Å². The number of hydrogen-bond acceptors (Lipinski definition) is 3. The largest absolute Gasteiger partial charge is 0.387 e. The van der Waals surface area contributed by atoms with E-state index in [1.54, 1.807) is 7.11 Å². The van der Waals surface area contributed by atoms with Crippen molar-refractivity contribution < 1.29 is 9.84 Å². The summed E-state index contributed by atoms with van der Waals surface area (Å²) in [6.07, 6.45) is 0.580. The zero-order valence-electron chi connectivity index (χ0n) is 11.0. The molecule has 0 spiro atoms. The van der Waals surface area contributed by atoms with Gasteiger partial charge in [0.1, 0.15) is 0 Å². The maximum absolute atomic E-state index is 10.1. The summed E-state index contributed by atoms with van der Waals surface area (Å²) in [5.74, 6) is 0. The molecule has 1 unspecified atom stereocenters. The first-order valence-electron chi connectivity index (χ1n) is 6.05. The van der Waals surface area contributed by atoms with Gasteiger partial charge in [0.25, 0.3) is 0 Å². The molecule has 1 atom stereocenters. The standard InChI is InChI=1S/C14H23NO2/c1-12-5-7-13(8-6-12)14(16)11-15(2)9-4-10-17-3/h5-8,14,16H,4,9-11H2,1-3H3. The van der Waals surface area contributed by atoms with Crippen LogP contribution in [-0.4, -0.2) is 43.9 Å². The fourth-order valence-electron chi connectivity index (χ4n) is 1.76. The number of rotatable bonds is 7. The fraction of sp³-hybridized carbons (Fsp3) is 0.571. The van der Waals surface area contributed by atoms with Crippen LogP contribution in [0.25, 0.3) is 0 Å². The van der Waals surface area contributed by atoms with Crippen molar-refractivity contribution in [3.05, 3.63) is 35.4 Å². The van der Waals surface area contributed by atoms with Crippen LogP contribution in [0.3, 0.4) is 0 Å². The smallest absolute Gasteiger partial charge is 0.0916 e. The van der Waals surface area contributed by atoms with E-state index >= 15 is 0 Å². The van der Waals surface area contributed by atoms with Gasteiger partial charge in [0.2, 0.25) is 0 Å². The lowest BCUT2D eigenvalue weighted by molar-refractivity contribution is 0.117. The molecule has 1 aromatic carbocycles. The third-order valence-corrected chi connectivity index (χ3v) is 2.84. The highest BCUT2D eigenvalue weighted by Gasteiger charge is 2.09. The van der Waals surface area contributed by atoms with E-state index in [9.17, 15) is 5.11 Å². The third kappa shape index (κ3) is 5.31. The van der Waals surface area contributed by atoms with Gasteiger partial charge in [-0.05, 0) is 26.0 Å². The Morgan fingerprint density at radius 3 is 2.53 bits per heavy atom. The van der Waals surface area contributed by atoms with Gasteiger partial charge in [-0.15, -0.1) is 0 Å². The Labute approximate surface area is 104 Å². The van der Waals surface area contributed by atoms with Crippen LogP contribution in [0.2, 0.25) is 0 Å². The van der Waals surface area contributed by atoms with Gasteiger partial charge in [-0.1, -0.05) is 29.8 Å². The molecule has 96 valence electrons. The molecule has 0 radical (unpaired) electrons. The minimum Gasteiger partial charge on any atom is -0.387 e. The van der Waals surface area contributed by atoms with Crippen LogP contribution in [-0.2, 0) is 4.74 Å². The molecule has 0 saturated carbocycles. The molecular weight excluding hydrogens is 214 g/mol. The molecule has 0 heterocycles. The molecule has 0 aliphatic carbocycles. The predicted molar refractivity (Wildman–Crippen MR) is 70.1 cm³/mol. The van der Waals surface area contributed by atoms with Crippen molar-refractivity contribution in [2.45, 2.75) is 19.4 Å². The highest BCUT2D eigenvalue weighted by Crippen LogP contribution is 2.14. The summed E-state index contributed by atoms with van der Waals surface area (Å²) in [7, 11) is 3.73. The maximum atomic E-state index is 10.1. The van der Waals surface area contributed by atoms with Gasteiger partial charge in [0, 0.05) is 26.8 Å². The van der Waals surface area contributed by atoms with Crippen molar-refractivity contribution in [3.8, 4) is 0 Å². The number of likely N-dealkylation sites (N-methyl/N-ethyl adjacent to an activating group) is 1. The molecule has 3 nitrogen and oxygen atoms in total. The third-order valence-electron chi connectivity index (χ3n) is 2.84. The van der Waals surface area contributed by atoms with Crippen molar-refractivity contribution in [1.29, 1.82) is 0 Å². The Balaban J connectivity index is 2.37. The van der Waals surface area contributed by atoms with Crippen molar-refractivity contribution in [1.82, 2.24) is 4.90 Å². The SMILES string of the molecule is COCCCN(C)CC(O)c1ccc(C)cc1. The van der Waals surface area contributed by atoms with Gasteiger partial charge in [-0.25, -0.2) is 0 Å². The summed E-state index contributed by atoms with van der Waals surface area (Å²) in [6, 6.07) is 8.04. The zero-order chi connectivity index (χ0) is 12.7. The Morgan fingerprint density at radius 2 is 1.94 bits per heavy atom. The van der Waals surface area contributed by atoms with Gasteiger partial charge in [-0.2, -0.15) is 0 Å². The highest BCUT2D eigenvalue weighted by atomic mass is 16.5. The minimum absolute atomic E-state index is 0.414. The van der Waals surface area contributed by atoms with Crippen LogP contribution in [0.15, 0.2) is 24.3 Å². The van der Waals surface area contributed by atoms with Crippen molar-refractivity contribution in [2.24, 2.45) is 0 Å². The number of aliphatic hydroxyl groups is 1. The second-order valence-electron chi connectivity index (χ2n) is 4.54. The lowest BCUT2D eigenvalue weighted by Gasteiger charge is -2.20. The van der Waals surface area contributed by atoms with Crippen LogP contribution < -0.4 is 0 Å². The monoisotopic (exact) mass is 237 g/mol. The van der Waals surface area contributed by atoms with Crippen LogP contribution in [0, 0.1) is 6.92 Å². The summed E-state index contributed by atoms with van der Waals surface area (Å²) in [5.41, 5.74) is 2.20. The molecule has 1 aromatic rings. The summed E-state index contributed by atoms with van der Waals surface area (Å²) < 4.78 is 5.01. The topological polar surface area (TPSA) is 32.7 Å². The molecule has 3 heteroatoms. The van der Waals surface area contributed by atoms with E-state index in [4.69, 9.17) is 4.74 Å². The van der Waals surface area contributed by atoms with Crippen LogP contribution in [0.4, 0.5) is 0 Å². The summed E-state index contributed by atoms with van der Waals surface area (Å²) in [4.78, 5) is 2.13. The van der Waals surface area contributed by atoms with Gasteiger partial charge in [-0.3, -0.25) is 0 Å². The minimum atomic E-state index is -0.414. The quantitative estimate of drug-likeness (QED) is 0.736.